The summed E-state index contributed by atoms with van der Waals surface area (Å²) in [7, 11) is -1.80. The molecule has 0 saturated carbocycles. The summed E-state index contributed by atoms with van der Waals surface area (Å²) in [6.45, 7) is 0.170. The van der Waals surface area contributed by atoms with Gasteiger partial charge < -0.3 is 9.84 Å². The van der Waals surface area contributed by atoms with E-state index in [2.05, 4.69) is 0 Å². The number of methoxy groups -OCH3 is 1. The fraction of sp³-hybridized carbons (Fsp3) is 0.571. The lowest BCUT2D eigenvalue weighted by Crippen LogP contribution is -2.39. The first-order valence-corrected chi connectivity index (χ1v) is 8.35. The third kappa shape index (κ3) is 3.58. The van der Waals surface area contributed by atoms with Gasteiger partial charge in [-0.1, -0.05) is 30.3 Å². The van der Waals surface area contributed by atoms with Crippen molar-refractivity contribution in [3.05, 3.63) is 35.9 Å². The summed E-state index contributed by atoms with van der Waals surface area (Å²) in [6, 6.07) is 9.18. The van der Waals surface area contributed by atoms with Crippen molar-refractivity contribution in [1.29, 1.82) is 0 Å². The Balaban J connectivity index is 2.02. The molecule has 1 heterocycles. The average molecular weight is 299 g/mol. The second kappa shape index (κ2) is 6.67. The molecule has 1 aliphatic heterocycles. The fourth-order valence-corrected chi connectivity index (χ4v) is 4.26. The Hall–Kier alpha value is -0.950. The fourth-order valence-electron chi connectivity index (χ4n) is 2.53. The van der Waals surface area contributed by atoms with Crippen LogP contribution in [0.2, 0.25) is 0 Å². The highest BCUT2D eigenvalue weighted by atomic mass is 32.2. The summed E-state index contributed by atoms with van der Waals surface area (Å²) in [5, 5.41) is 9.34. The van der Waals surface area contributed by atoms with Gasteiger partial charge in [-0.05, 0) is 18.4 Å². The van der Waals surface area contributed by atoms with Gasteiger partial charge in [-0.2, -0.15) is 4.31 Å². The van der Waals surface area contributed by atoms with Crippen LogP contribution in [-0.4, -0.2) is 56.0 Å². The number of hydrogen-bond acceptors (Lipinski definition) is 4. The van der Waals surface area contributed by atoms with E-state index < -0.39 is 10.0 Å². The summed E-state index contributed by atoms with van der Waals surface area (Å²) in [5.41, 5.74) is 0.999. The molecular weight excluding hydrogens is 278 g/mol. The minimum Gasteiger partial charge on any atom is -0.395 e. The van der Waals surface area contributed by atoms with Gasteiger partial charge in [-0.3, -0.25) is 0 Å². The highest BCUT2D eigenvalue weighted by molar-refractivity contribution is 7.89. The summed E-state index contributed by atoms with van der Waals surface area (Å²) >= 11 is 0. The molecule has 0 amide bonds. The van der Waals surface area contributed by atoms with Gasteiger partial charge in [0.25, 0.3) is 0 Å². The van der Waals surface area contributed by atoms with Gasteiger partial charge in [0.15, 0.2) is 0 Å². The van der Waals surface area contributed by atoms with Crippen molar-refractivity contribution in [2.75, 3.05) is 26.0 Å². The van der Waals surface area contributed by atoms with Crippen molar-refractivity contribution in [2.24, 2.45) is 0 Å². The van der Waals surface area contributed by atoms with Gasteiger partial charge in [0.1, 0.15) is 0 Å². The van der Waals surface area contributed by atoms with Crippen molar-refractivity contribution in [3.63, 3.8) is 0 Å². The number of sulfonamides is 1. The summed E-state index contributed by atoms with van der Waals surface area (Å²) in [4.78, 5) is 0. The van der Waals surface area contributed by atoms with Crippen LogP contribution in [0.3, 0.4) is 0 Å². The molecule has 112 valence electrons. The molecule has 20 heavy (non-hydrogen) atoms. The molecule has 0 spiro atoms. The molecule has 5 nitrogen and oxygen atoms in total. The van der Waals surface area contributed by atoms with Crippen LogP contribution in [0.4, 0.5) is 0 Å². The van der Waals surface area contributed by atoms with Crippen molar-refractivity contribution in [1.82, 2.24) is 4.31 Å². The zero-order valence-corrected chi connectivity index (χ0v) is 12.4. The summed E-state index contributed by atoms with van der Waals surface area (Å²) in [5.74, 6) is 0.0595. The third-order valence-electron chi connectivity index (χ3n) is 3.72. The van der Waals surface area contributed by atoms with Crippen molar-refractivity contribution in [2.45, 2.75) is 25.0 Å². The summed E-state index contributed by atoms with van der Waals surface area (Å²) in [6.07, 6.45) is 0.909. The zero-order chi connectivity index (χ0) is 14.6. The Labute approximate surface area is 120 Å². The number of aliphatic hydroxyl groups excluding tert-OH is 1. The smallest absolute Gasteiger partial charge is 0.214 e. The van der Waals surface area contributed by atoms with E-state index in [1.807, 2.05) is 30.3 Å². The Morgan fingerprint density at radius 1 is 1.35 bits per heavy atom. The predicted molar refractivity (Wildman–Crippen MR) is 76.9 cm³/mol. The monoisotopic (exact) mass is 299 g/mol. The topological polar surface area (TPSA) is 66.8 Å². The Kier molecular flexibility index (Phi) is 5.15. The van der Waals surface area contributed by atoms with E-state index >= 15 is 0 Å². The largest absolute Gasteiger partial charge is 0.395 e. The number of benzene rings is 1. The van der Waals surface area contributed by atoms with Crippen LogP contribution in [0.1, 0.15) is 12.0 Å². The van der Waals surface area contributed by atoms with E-state index in [0.29, 0.717) is 19.4 Å². The lowest BCUT2D eigenvalue weighted by Gasteiger charge is -2.22. The molecule has 2 atom stereocenters. The Morgan fingerprint density at radius 3 is 2.65 bits per heavy atom. The van der Waals surface area contributed by atoms with Crippen LogP contribution >= 0.6 is 0 Å². The van der Waals surface area contributed by atoms with Gasteiger partial charge in [-0.25, -0.2) is 8.42 Å². The first-order chi connectivity index (χ1) is 9.56. The number of ether oxygens (including phenoxy) is 1. The maximum atomic E-state index is 12.4. The summed E-state index contributed by atoms with van der Waals surface area (Å²) < 4.78 is 31.4. The van der Waals surface area contributed by atoms with Crippen LogP contribution in [0.25, 0.3) is 0 Å². The maximum absolute atomic E-state index is 12.4. The lowest BCUT2D eigenvalue weighted by atomic mass is 10.2. The number of aliphatic hydroxyl groups is 1. The van der Waals surface area contributed by atoms with Crippen molar-refractivity contribution < 1.29 is 18.3 Å². The van der Waals surface area contributed by atoms with Gasteiger partial charge in [-0.15, -0.1) is 0 Å². The van der Waals surface area contributed by atoms with Gasteiger partial charge in [0.2, 0.25) is 10.0 Å². The molecular formula is C14H21NO4S. The van der Waals surface area contributed by atoms with E-state index in [4.69, 9.17) is 4.74 Å². The Bertz CT molecular complexity index is 517. The number of nitrogens with zero attached hydrogens (tertiary/aromatic N) is 1. The standard InChI is InChI=1S/C14H21NO4S/c1-19-14-9-13(11-16)15(10-14)20(17,18)8-7-12-5-3-2-4-6-12/h2-6,13-14,16H,7-11H2,1H3/t13-,14-/m0/s1. The molecule has 0 aliphatic carbocycles. The molecule has 6 heteroatoms. The number of aryl methyl sites for hydroxylation is 1. The zero-order valence-electron chi connectivity index (χ0n) is 11.6. The van der Waals surface area contributed by atoms with Crippen LogP contribution < -0.4 is 0 Å². The van der Waals surface area contributed by atoms with E-state index in [1.165, 1.54) is 4.31 Å². The quantitative estimate of drug-likeness (QED) is 0.837. The molecule has 1 aliphatic rings. The minimum atomic E-state index is -3.37. The van der Waals surface area contributed by atoms with E-state index in [9.17, 15) is 13.5 Å². The van der Waals surface area contributed by atoms with Gasteiger partial charge in [0.05, 0.1) is 24.5 Å². The molecule has 1 N–H and O–H groups in total. The van der Waals surface area contributed by atoms with Crippen LogP contribution in [-0.2, 0) is 21.2 Å². The van der Waals surface area contributed by atoms with Crippen molar-refractivity contribution in [3.8, 4) is 0 Å². The SMILES string of the molecule is CO[C@H]1C[C@@H](CO)N(S(=O)(=O)CCc2ccccc2)C1. The molecule has 1 fully saturated rings. The lowest BCUT2D eigenvalue weighted by molar-refractivity contribution is 0.113. The first-order valence-electron chi connectivity index (χ1n) is 6.74. The van der Waals surface area contributed by atoms with Crippen LogP contribution in [0.5, 0.6) is 0 Å². The third-order valence-corrected chi connectivity index (χ3v) is 5.60. The molecule has 2 rings (SSSR count). The van der Waals surface area contributed by atoms with Gasteiger partial charge >= 0.3 is 0 Å². The highest BCUT2D eigenvalue weighted by Gasteiger charge is 2.38. The second-order valence-electron chi connectivity index (χ2n) is 5.05. The first kappa shape index (κ1) is 15.4. The average Bonchev–Trinajstić information content (AvgIpc) is 2.91. The molecule has 0 unspecified atom stereocenters. The molecule has 1 aromatic rings. The van der Waals surface area contributed by atoms with Crippen LogP contribution in [0, 0.1) is 0 Å². The predicted octanol–water partition coefficient (Wildman–Crippen LogP) is 0.640. The molecule has 0 aromatic heterocycles. The van der Waals surface area contributed by atoms with Gasteiger partial charge in [0, 0.05) is 13.7 Å². The van der Waals surface area contributed by atoms with Crippen molar-refractivity contribution >= 4 is 10.0 Å². The molecule has 1 saturated heterocycles. The minimum absolute atomic E-state index is 0.0595. The molecule has 1 aromatic carbocycles. The normalized spacial score (nSPS) is 24.1. The second-order valence-corrected chi connectivity index (χ2v) is 7.09. The maximum Gasteiger partial charge on any atom is 0.214 e. The number of rotatable bonds is 6. The van der Waals surface area contributed by atoms with E-state index in [0.717, 1.165) is 5.56 Å². The Morgan fingerprint density at radius 2 is 2.05 bits per heavy atom. The highest BCUT2D eigenvalue weighted by Crippen LogP contribution is 2.23. The molecule has 0 bridgehead atoms. The van der Waals surface area contributed by atoms with Crippen LogP contribution in [0.15, 0.2) is 30.3 Å². The van der Waals surface area contributed by atoms with E-state index in [1.54, 1.807) is 7.11 Å². The number of hydrogen-bond donors (Lipinski definition) is 1. The van der Waals surface area contributed by atoms with E-state index in [-0.39, 0.29) is 24.5 Å². The molecule has 0 radical (unpaired) electrons.